The molecular weight excluding hydrogens is 378 g/mol. The lowest BCUT2D eigenvalue weighted by atomic mass is 9.97. The van der Waals surface area contributed by atoms with E-state index in [2.05, 4.69) is 6.92 Å². The summed E-state index contributed by atoms with van der Waals surface area (Å²) in [5, 5.41) is 0.529. The van der Waals surface area contributed by atoms with E-state index in [0.29, 0.717) is 29.7 Å². The van der Waals surface area contributed by atoms with E-state index < -0.39 is 6.04 Å². The lowest BCUT2D eigenvalue weighted by Crippen LogP contribution is -2.30. The molecule has 0 saturated heterocycles. The van der Waals surface area contributed by atoms with E-state index in [1.165, 1.54) is 0 Å². The average Bonchev–Trinajstić information content (AvgIpc) is 3.00. The van der Waals surface area contributed by atoms with Crippen molar-refractivity contribution in [1.29, 1.82) is 0 Å². The van der Waals surface area contributed by atoms with Crippen LogP contribution in [-0.4, -0.2) is 24.0 Å². The monoisotopic (exact) mass is 405 g/mol. The molecule has 0 fully saturated rings. The van der Waals surface area contributed by atoms with Gasteiger partial charge in [0.25, 0.3) is 5.91 Å². The predicted octanol–water partition coefficient (Wildman–Crippen LogP) is 5.15. The Bertz CT molecular complexity index is 1180. The van der Waals surface area contributed by atoms with Gasteiger partial charge in [0, 0.05) is 6.54 Å². The van der Waals surface area contributed by atoms with Gasteiger partial charge in [0.15, 0.2) is 5.43 Å². The summed E-state index contributed by atoms with van der Waals surface area (Å²) in [6, 6.07) is 11.0. The quantitative estimate of drug-likeness (QED) is 0.569. The molecule has 1 aromatic heterocycles. The number of fused-ring (bicyclic) bond motifs is 2. The Kier molecular flexibility index (Phi) is 5.37. The Hall–Kier alpha value is -3.08. The Balaban J connectivity index is 1.95. The molecule has 0 spiro atoms. The van der Waals surface area contributed by atoms with Crippen LogP contribution in [0.15, 0.2) is 45.6 Å². The van der Waals surface area contributed by atoms with Crippen LogP contribution in [0.1, 0.15) is 65.5 Å². The van der Waals surface area contributed by atoms with E-state index in [0.717, 1.165) is 35.3 Å². The molecule has 0 saturated carbocycles. The van der Waals surface area contributed by atoms with Crippen LogP contribution in [-0.2, 0) is 0 Å². The number of nitrogens with zero attached hydrogens (tertiary/aromatic N) is 1. The fourth-order valence-corrected chi connectivity index (χ4v) is 4.29. The summed E-state index contributed by atoms with van der Waals surface area (Å²) in [6.45, 7) is 9.10. The van der Waals surface area contributed by atoms with Crippen molar-refractivity contribution in [2.75, 3.05) is 13.2 Å². The maximum absolute atomic E-state index is 13.6. The number of benzene rings is 2. The maximum Gasteiger partial charge on any atom is 0.290 e. The molecule has 0 N–H and O–H groups in total. The molecule has 4 rings (SSSR count). The highest BCUT2D eigenvalue weighted by molar-refractivity contribution is 5.99. The van der Waals surface area contributed by atoms with Crippen LogP contribution in [0.25, 0.3) is 11.0 Å². The zero-order chi connectivity index (χ0) is 21.4. The second-order valence-electron chi connectivity index (χ2n) is 7.95. The van der Waals surface area contributed by atoms with E-state index in [-0.39, 0.29) is 17.1 Å². The summed E-state index contributed by atoms with van der Waals surface area (Å²) in [6.07, 6.45) is 1.69. The number of amides is 1. The van der Waals surface area contributed by atoms with Crippen molar-refractivity contribution >= 4 is 16.9 Å². The van der Waals surface area contributed by atoms with Gasteiger partial charge >= 0.3 is 0 Å². The van der Waals surface area contributed by atoms with Crippen LogP contribution in [0.2, 0.25) is 0 Å². The number of hydrogen-bond acceptors (Lipinski definition) is 4. The molecule has 1 atom stereocenters. The highest BCUT2D eigenvalue weighted by atomic mass is 16.5. The lowest BCUT2D eigenvalue weighted by molar-refractivity contribution is 0.0728. The second kappa shape index (κ2) is 7.98. The Morgan fingerprint density at radius 2 is 1.87 bits per heavy atom. The third-order valence-corrected chi connectivity index (χ3v) is 5.51. The van der Waals surface area contributed by atoms with Crippen LogP contribution in [0.5, 0.6) is 5.75 Å². The number of rotatable bonds is 6. The van der Waals surface area contributed by atoms with Crippen molar-refractivity contribution < 1.29 is 13.9 Å². The molecule has 1 aliphatic rings. The molecular formula is C25H27NO4. The van der Waals surface area contributed by atoms with E-state index in [9.17, 15) is 9.59 Å². The summed E-state index contributed by atoms with van der Waals surface area (Å²) in [4.78, 5) is 28.6. The zero-order valence-electron chi connectivity index (χ0n) is 18.0. The van der Waals surface area contributed by atoms with Crippen LogP contribution < -0.4 is 10.2 Å². The van der Waals surface area contributed by atoms with Crippen molar-refractivity contribution in [2.45, 2.75) is 46.6 Å². The summed E-state index contributed by atoms with van der Waals surface area (Å²) in [7, 11) is 0. The fraction of sp³-hybridized carbons (Fsp3) is 0.360. The van der Waals surface area contributed by atoms with Crippen molar-refractivity contribution in [3.8, 4) is 5.75 Å². The SMILES string of the molecule is CCCOc1cccc(C2c3c(oc4c(C)cc(C)cc4c3=O)C(=O)N2CCC)c1. The molecule has 5 nitrogen and oxygen atoms in total. The molecule has 2 aromatic carbocycles. The van der Waals surface area contributed by atoms with Gasteiger partial charge in [0.1, 0.15) is 11.3 Å². The van der Waals surface area contributed by atoms with Gasteiger partial charge in [-0.2, -0.15) is 0 Å². The van der Waals surface area contributed by atoms with Crippen LogP contribution in [0, 0.1) is 13.8 Å². The first-order valence-corrected chi connectivity index (χ1v) is 10.6. The van der Waals surface area contributed by atoms with Crippen molar-refractivity contribution in [1.82, 2.24) is 4.90 Å². The summed E-state index contributed by atoms with van der Waals surface area (Å²) >= 11 is 0. The molecule has 0 radical (unpaired) electrons. The smallest absolute Gasteiger partial charge is 0.290 e. The molecule has 0 aliphatic carbocycles. The van der Waals surface area contributed by atoms with Gasteiger partial charge in [0.2, 0.25) is 5.76 Å². The third-order valence-electron chi connectivity index (χ3n) is 5.51. The molecule has 3 aromatic rings. The number of aryl methyl sites for hydroxylation is 2. The Labute approximate surface area is 176 Å². The minimum atomic E-state index is -0.473. The minimum Gasteiger partial charge on any atom is -0.494 e. The second-order valence-corrected chi connectivity index (χ2v) is 7.95. The standard InChI is InChI=1S/C25H27NO4/c1-5-10-26-21(17-8-7-9-18(14-17)29-11-6-2)20-22(27)19-13-15(3)12-16(4)23(19)30-24(20)25(26)28/h7-9,12-14,21H,5-6,10-11H2,1-4H3. The molecule has 1 unspecified atom stereocenters. The summed E-state index contributed by atoms with van der Waals surface area (Å²) < 4.78 is 11.9. The molecule has 156 valence electrons. The van der Waals surface area contributed by atoms with Crippen LogP contribution in [0.3, 0.4) is 0 Å². The molecule has 1 amide bonds. The molecule has 0 bridgehead atoms. The van der Waals surface area contributed by atoms with Gasteiger partial charge < -0.3 is 14.1 Å². The van der Waals surface area contributed by atoms with E-state index >= 15 is 0 Å². The molecule has 5 heteroatoms. The molecule has 1 aliphatic heterocycles. The summed E-state index contributed by atoms with van der Waals surface area (Å²) in [5.74, 6) is 0.678. The van der Waals surface area contributed by atoms with Crippen LogP contribution in [0.4, 0.5) is 0 Å². The third kappa shape index (κ3) is 3.28. The van der Waals surface area contributed by atoms with Crippen LogP contribution >= 0.6 is 0 Å². The summed E-state index contributed by atoms with van der Waals surface area (Å²) in [5.41, 5.74) is 3.51. The lowest BCUT2D eigenvalue weighted by Gasteiger charge is -2.25. The first-order chi connectivity index (χ1) is 14.5. The van der Waals surface area contributed by atoms with Gasteiger partial charge in [-0.1, -0.05) is 32.0 Å². The van der Waals surface area contributed by atoms with Gasteiger partial charge in [-0.05, 0) is 61.6 Å². The predicted molar refractivity (Wildman–Crippen MR) is 117 cm³/mol. The Morgan fingerprint density at radius 1 is 1.07 bits per heavy atom. The molecule has 30 heavy (non-hydrogen) atoms. The Morgan fingerprint density at radius 3 is 2.60 bits per heavy atom. The highest BCUT2D eigenvalue weighted by Crippen LogP contribution is 2.39. The van der Waals surface area contributed by atoms with E-state index in [4.69, 9.17) is 9.15 Å². The van der Waals surface area contributed by atoms with E-state index in [1.807, 2.05) is 57.2 Å². The van der Waals surface area contributed by atoms with Gasteiger partial charge in [-0.15, -0.1) is 0 Å². The minimum absolute atomic E-state index is 0.130. The van der Waals surface area contributed by atoms with Crippen molar-refractivity contribution in [3.63, 3.8) is 0 Å². The normalized spacial score (nSPS) is 15.7. The van der Waals surface area contributed by atoms with E-state index in [1.54, 1.807) is 4.90 Å². The largest absolute Gasteiger partial charge is 0.494 e. The topological polar surface area (TPSA) is 59.8 Å². The molecule has 2 heterocycles. The van der Waals surface area contributed by atoms with Crippen molar-refractivity contribution in [2.24, 2.45) is 0 Å². The maximum atomic E-state index is 13.6. The van der Waals surface area contributed by atoms with Gasteiger partial charge in [-0.25, -0.2) is 0 Å². The fourth-order valence-electron chi connectivity index (χ4n) is 4.29. The number of carbonyl (C=O) groups excluding carboxylic acids is 1. The first kappa shape index (κ1) is 20.2. The number of ether oxygens (including phenoxy) is 1. The van der Waals surface area contributed by atoms with Crippen molar-refractivity contribution in [3.05, 3.63) is 74.6 Å². The van der Waals surface area contributed by atoms with Gasteiger partial charge in [-0.3, -0.25) is 9.59 Å². The highest BCUT2D eigenvalue weighted by Gasteiger charge is 2.42. The zero-order valence-corrected chi connectivity index (χ0v) is 18.0. The first-order valence-electron chi connectivity index (χ1n) is 10.6. The number of carbonyl (C=O) groups is 1. The van der Waals surface area contributed by atoms with Gasteiger partial charge in [0.05, 0.1) is 23.6 Å². The number of hydrogen-bond donors (Lipinski definition) is 0. The average molecular weight is 405 g/mol.